The van der Waals surface area contributed by atoms with Crippen LogP contribution >= 0.6 is 0 Å². The minimum Gasteiger partial charge on any atom is -0.445 e. The van der Waals surface area contributed by atoms with Crippen LogP contribution in [0.2, 0.25) is 0 Å². The Balaban J connectivity index is 1.06. The molecule has 0 aromatic heterocycles. The van der Waals surface area contributed by atoms with Crippen LogP contribution in [-0.4, -0.2) is 73.3 Å². The summed E-state index contributed by atoms with van der Waals surface area (Å²) in [6.07, 6.45) is 3.67. The van der Waals surface area contributed by atoms with E-state index in [1.54, 1.807) is 36.2 Å². The van der Waals surface area contributed by atoms with Crippen molar-refractivity contribution in [1.82, 2.24) is 15.2 Å². The maximum atomic E-state index is 12.6. The van der Waals surface area contributed by atoms with E-state index in [0.29, 0.717) is 56.4 Å². The van der Waals surface area contributed by atoms with E-state index in [4.69, 9.17) is 4.74 Å². The van der Waals surface area contributed by atoms with Crippen molar-refractivity contribution >= 4 is 35.6 Å². The molecule has 0 radical (unpaired) electrons. The Morgan fingerprint density at radius 1 is 0.909 bits per heavy atom. The van der Waals surface area contributed by atoms with E-state index in [0.717, 1.165) is 42.6 Å². The maximum absolute atomic E-state index is 12.6. The fourth-order valence-electron chi connectivity index (χ4n) is 5.08. The van der Waals surface area contributed by atoms with Crippen LogP contribution in [0.5, 0.6) is 0 Å². The van der Waals surface area contributed by atoms with Crippen molar-refractivity contribution in [3.63, 3.8) is 0 Å². The quantitative estimate of drug-likeness (QED) is 0.130. The number of hydrogen-bond donors (Lipinski definition) is 3. The molecule has 0 spiro atoms. The summed E-state index contributed by atoms with van der Waals surface area (Å²) < 4.78 is 5.63. The van der Waals surface area contributed by atoms with Crippen LogP contribution in [0.4, 0.5) is 16.2 Å². The number of nitrogens with zero attached hydrogens (tertiary/aromatic N) is 2. The highest BCUT2D eigenvalue weighted by Crippen LogP contribution is 2.27. The number of piperidine rings is 1. The molecule has 1 fully saturated rings. The number of hydrazine groups is 1. The maximum Gasteiger partial charge on any atom is 0.426 e. The van der Waals surface area contributed by atoms with Gasteiger partial charge in [-0.15, -0.1) is 0 Å². The van der Waals surface area contributed by atoms with Crippen LogP contribution < -0.4 is 16.2 Å². The van der Waals surface area contributed by atoms with Gasteiger partial charge in [-0.05, 0) is 61.6 Å². The third kappa shape index (κ3) is 10.2. The number of rotatable bonds is 14. The number of anilines is 2. The zero-order valence-corrected chi connectivity index (χ0v) is 25.2. The molecule has 1 aliphatic heterocycles. The average molecular weight is 600 g/mol. The van der Waals surface area contributed by atoms with E-state index in [9.17, 15) is 19.2 Å². The van der Waals surface area contributed by atoms with Gasteiger partial charge in [0.1, 0.15) is 12.4 Å². The molecule has 232 valence electrons. The summed E-state index contributed by atoms with van der Waals surface area (Å²) in [6, 6.07) is 24.4. The SMILES string of the molecule is CN(CCCCC(=O)Nc1ccc(C=O)cc1)C(=O)CCN1CCC(OC(=O)NNc2ccccc2-c2ccccc2)CC1. The summed E-state index contributed by atoms with van der Waals surface area (Å²) in [5.41, 5.74) is 9.66. The summed E-state index contributed by atoms with van der Waals surface area (Å²) in [5.74, 6) is -0.0170. The Morgan fingerprint density at radius 2 is 1.61 bits per heavy atom. The van der Waals surface area contributed by atoms with Crippen LogP contribution in [-0.2, 0) is 14.3 Å². The van der Waals surface area contributed by atoms with Crippen LogP contribution in [0, 0.1) is 0 Å². The lowest BCUT2D eigenvalue weighted by molar-refractivity contribution is -0.130. The summed E-state index contributed by atoms with van der Waals surface area (Å²) in [5, 5.41) is 2.82. The largest absolute Gasteiger partial charge is 0.445 e. The van der Waals surface area contributed by atoms with E-state index in [2.05, 4.69) is 21.1 Å². The molecule has 0 atom stereocenters. The molecule has 3 aromatic rings. The van der Waals surface area contributed by atoms with E-state index >= 15 is 0 Å². The number of amides is 3. The minimum absolute atomic E-state index is 0.0735. The summed E-state index contributed by atoms with van der Waals surface area (Å²) in [4.78, 5) is 51.9. The Morgan fingerprint density at radius 3 is 2.34 bits per heavy atom. The second-order valence-electron chi connectivity index (χ2n) is 10.9. The smallest absolute Gasteiger partial charge is 0.426 e. The van der Waals surface area contributed by atoms with Gasteiger partial charge in [0.05, 0.1) is 5.69 Å². The highest BCUT2D eigenvalue weighted by Gasteiger charge is 2.23. The van der Waals surface area contributed by atoms with E-state index in [-0.39, 0.29) is 17.9 Å². The molecule has 0 unspecified atom stereocenters. The second kappa shape index (κ2) is 16.8. The number of likely N-dealkylation sites (tertiary alicyclic amines) is 1. The Hall–Kier alpha value is -4.70. The van der Waals surface area contributed by atoms with Crippen molar-refractivity contribution in [1.29, 1.82) is 0 Å². The van der Waals surface area contributed by atoms with Gasteiger partial charge < -0.3 is 19.9 Å². The standard InChI is InChI=1S/C34H41N5O5/c1-38(21-8-7-13-32(41)35-28-16-14-26(25-40)15-17-28)33(42)20-24-39-22-18-29(19-23-39)44-34(43)37-36-31-12-6-5-11-30(31)27-9-3-2-4-10-27/h2-6,9-12,14-17,25,29,36H,7-8,13,18-24H2,1H3,(H,35,41)(H,37,43). The van der Waals surface area contributed by atoms with Crippen molar-refractivity contribution in [2.24, 2.45) is 0 Å². The van der Waals surface area contributed by atoms with Crippen LogP contribution in [0.1, 0.15) is 48.9 Å². The Kier molecular flexibility index (Phi) is 12.3. The lowest BCUT2D eigenvalue weighted by Crippen LogP contribution is -2.42. The van der Waals surface area contributed by atoms with Gasteiger partial charge in [-0.1, -0.05) is 48.5 Å². The molecule has 3 amide bonds. The lowest BCUT2D eigenvalue weighted by Gasteiger charge is -2.31. The molecule has 10 nitrogen and oxygen atoms in total. The molecular weight excluding hydrogens is 558 g/mol. The van der Waals surface area contributed by atoms with E-state index in [1.807, 2.05) is 54.6 Å². The van der Waals surface area contributed by atoms with Crippen molar-refractivity contribution < 1.29 is 23.9 Å². The Bertz CT molecular complexity index is 1370. The predicted octanol–water partition coefficient (Wildman–Crippen LogP) is 5.34. The predicted molar refractivity (Wildman–Crippen MR) is 171 cm³/mol. The topological polar surface area (TPSA) is 120 Å². The molecule has 0 saturated carbocycles. The first-order valence-electron chi connectivity index (χ1n) is 15.1. The molecule has 1 aliphatic rings. The zero-order valence-electron chi connectivity index (χ0n) is 25.2. The van der Waals surface area contributed by atoms with Gasteiger partial charge in [0.15, 0.2) is 0 Å². The number of nitrogens with one attached hydrogen (secondary N) is 3. The molecule has 10 heteroatoms. The number of ether oxygens (including phenoxy) is 1. The molecule has 4 rings (SSSR count). The van der Waals surface area contributed by atoms with Crippen LogP contribution in [0.15, 0.2) is 78.9 Å². The number of carbonyl (C=O) groups excluding carboxylic acids is 4. The van der Waals surface area contributed by atoms with Crippen molar-refractivity contribution in [3.8, 4) is 11.1 Å². The second-order valence-corrected chi connectivity index (χ2v) is 10.9. The first kappa shape index (κ1) is 32.2. The summed E-state index contributed by atoms with van der Waals surface area (Å²) in [6.45, 7) is 2.76. The fourth-order valence-corrected chi connectivity index (χ4v) is 5.08. The number of hydrogen-bond acceptors (Lipinski definition) is 7. The summed E-state index contributed by atoms with van der Waals surface area (Å²) >= 11 is 0. The molecule has 0 bridgehead atoms. The van der Waals surface area contributed by atoms with Gasteiger partial charge in [-0.3, -0.25) is 19.8 Å². The van der Waals surface area contributed by atoms with Gasteiger partial charge in [0, 0.05) is 62.9 Å². The van der Waals surface area contributed by atoms with Crippen molar-refractivity contribution in [2.75, 3.05) is 44.0 Å². The number of carbonyl (C=O) groups is 4. The lowest BCUT2D eigenvalue weighted by atomic mass is 10.0. The van der Waals surface area contributed by atoms with Gasteiger partial charge >= 0.3 is 6.09 Å². The van der Waals surface area contributed by atoms with Crippen molar-refractivity contribution in [2.45, 2.75) is 44.6 Å². The summed E-state index contributed by atoms with van der Waals surface area (Å²) in [7, 11) is 1.79. The molecule has 1 heterocycles. The first-order chi connectivity index (χ1) is 21.4. The third-order valence-electron chi connectivity index (χ3n) is 7.66. The monoisotopic (exact) mass is 599 g/mol. The fraction of sp³-hybridized carbons (Fsp3) is 0.353. The normalized spacial score (nSPS) is 13.5. The number of para-hydroxylation sites is 1. The molecule has 44 heavy (non-hydrogen) atoms. The first-order valence-corrected chi connectivity index (χ1v) is 15.1. The molecule has 1 saturated heterocycles. The van der Waals surface area contributed by atoms with E-state index < -0.39 is 6.09 Å². The molecule has 3 N–H and O–H groups in total. The number of unbranched alkanes of at least 4 members (excludes halogenated alkanes) is 1. The highest BCUT2D eigenvalue weighted by molar-refractivity contribution is 5.91. The molecular formula is C34H41N5O5. The van der Waals surface area contributed by atoms with Gasteiger partial charge in [0.25, 0.3) is 0 Å². The number of benzene rings is 3. The number of aldehydes is 1. The van der Waals surface area contributed by atoms with Crippen LogP contribution in [0.25, 0.3) is 11.1 Å². The highest BCUT2D eigenvalue weighted by atomic mass is 16.6. The minimum atomic E-state index is -0.520. The molecule has 0 aliphatic carbocycles. The van der Waals surface area contributed by atoms with Gasteiger partial charge in [0.2, 0.25) is 11.8 Å². The third-order valence-corrected chi connectivity index (χ3v) is 7.66. The van der Waals surface area contributed by atoms with Crippen molar-refractivity contribution in [3.05, 3.63) is 84.4 Å². The van der Waals surface area contributed by atoms with Gasteiger partial charge in [-0.2, -0.15) is 0 Å². The van der Waals surface area contributed by atoms with E-state index in [1.165, 1.54) is 0 Å². The van der Waals surface area contributed by atoms with Crippen LogP contribution in [0.3, 0.4) is 0 Å². The Labute approximate surface area is 258 Å². The van der Waals surface area contributed by atoms with Gasteiger partial charge in [-0.25, -0.2) is 10.2 Å². The molecule has 3 aromatic carbocycles. The average Bonchev–Trinajstić information content (AvgIpc) is 3.06. The zero-order chi connectivity index (χ0) is 31.1.